The SMILES string of the molecule is COc1cc(C)c(S(=O)(=O)Nc2cccc(-c3ccc(C(=O)NC(C(=O)O)C(C)C)cc3)c2)c(C)c1C. The summed E-state index contributed by atoms with van der Waals surface area (Å²) in [7, 11) is -2.32. The van der Waals surface area contributed by atoms with Gasteiger partial charge in [-0.15, -0.1) is 0 Å². The van der Waals surface area contributed by atoms with Crippen molar-refractivity contribution in [3.8, 4) is 16.9 Å². The molecule has 1 amide bonds. The summed E-state index contributed by atoms with van der Waals surface area (Å²) in [5.41, 5.74) is 4.20. The van der Waals surface area contributed by atoms with Crippen LogP contribution in [0.25, 0.3) is 11.1 Å². The van der Waals surface area contributed by atoms with E-state index in [1.165, 1.54) is 0 Å². The molecule has 0 spiro atoms. The third kappa shape index (κ3) is 6.11. The van der Waals surface area contributed by atoms with Crippen molar-refractivity contribution < 1.29 is 27.9 Å². The minimum absolute atomic E-state index is 0.215. The van der Waals surface area contributed by atoms with Crippen LogP contribution in [0.1, 0.15) is 40.9 Å². The van der Waals surface area contributed by atoms with Crippen molar-refractivity contribution in [2.24, 2.45) is 5.92 Å². The zero-order chi connectivity index (χ0) is 27.5. The van der Waals surface area contributed by atoms with Gasteiger partial charge in [0.2, 0.25) is 0 Å². The Kier molecular flexibility index (Phi) is 8.28. The molecule has 0 saturated heterocycles. The molecule has 0 aliphatic heterocycles. The van der Waals surface area contributed by atoms with Crippen LogP contribution in [-0.4, -0.2) is 38.6 Å². The topological polar surface area (TPSA) is 122 Å². The van der Waals surface area contributed by atoms with Gasteiger partial charge in [-0.05, 0) is 84.8 Å². The highest BCUT2D eigenvalue weighted by atomic mass is 32.2. The summed E-state index contributed by atoms with van der Waals surface area (Å²) < 4.78 is 34.6. The first-order chi connectivity index (χ1) is 17.4. The summed E-state index contributed by atoms with van der Waals surface area (Å²) in [6.45, 7) is 8.76. The molecule has 196 valence electrons. The average molecular weight is 525 g/mol. The van der Waals surface area contributed by atoms with Crippen LogP contribution in [0.5, 0.6) is 5.75 Å². The summed E-state index contributed by atoms with van der Waals surface area (Å²) in [4.78, 5) is 24.1. The van der Waals surface area contributed by atoms with Gasteiger partial charge in [0.1, 0.15) is 11.8 Å². The highest BCUT2D eigenvalue weighted by Crippen LogP contribution is 2.32. The standard InChI is InChI=1S/C28H32N2O6S/c1-16(2)25(28(32)33)29-27(31)21-12-10-20(11-13-21)22-8-7-9-23(15-22)30-37(34,35)26-17(3)14-24(36-6)18(4)19(26)5/h7-16,25,30H,1-6H3,(H,29,31)(H,32,33). The van der Waals surface area contributed by atoms with Crippen molar-refractivity contribution in [1.82, 2.24) is 5.32 Å². The fourth-order valence-corrected chi connectivity index (χ4v) is 5.75. The predicted octanol–water partition coefficient (Wildman–Crippen LogP) is 4.93. The van der Waals surface area contributed by atoms with E-state index >= 15 is 0 Å². The molecule has 3 N–H and O–H groups in total. The lowest BCUT2D eigenvalue weighted by atomic mass is 10.0. The maximum Gasteiger partial charge on any atom is 0.326 e. The van der Waals surface area contributed by atoms with Crippen LogP contribution >= 0.6 is 0 Å². The highest BCUT2D eigenvalue weighted by molar-refractivity contribution is 7.92. The number of sulfonamides is 1. The first kappa shape index (κ1) is 27.7. The van der Waals surface area contributed by atoms with Crippen molar-refractivity contribution in [3.05, 3.63) is 76.9 Å². The molecular weight excluding hydrogens is 492 g/mol. The molecule has 1 atom stereocenters. The van der Waals surface area contributed by atoms with Gasteiger partial charge in [-0.3, -0.25) is 9.52 Å². The zero-order valence-corrected chi connectivity index (χ0v) is 22.6. The fraction of sp³-hybridized carbons (Fsp3) is 0.286. The van der Waals surface area contributed by atoms with E-state index in [4.69, 9.17) is 4.74 Å². The summed E-state index contributed by atoms with van der Waals surface area (Å²) in [5.74, 6) is -1.19. The molecule has 3 aromatic carbocycles. The second-order valence-corrected chi connectivity index (χ2v) is 10.9. The smallest absolute Gasteiger partial charge is 0.326 e. The van der Waals surface area contributed by atoms with Crippen molar-refractivity contribution >= 4 is 27.6 Å². The number of amides is 1. The quantitative estimate of drug-likeness (QED) is 0.365. The summed E-state index contributed by atoms with van der Waals surface area (Å²) in [6.07, 6.45) is 0. The Morgan fingerprint density at radius 1 is 0.919 bits per heavy atom. The number of carboxylic acid groups (broad SMARTS) is 1. The number of hydrogen-bond acceptors (Lipinski definition) is 5. The molecule has 0 fully saturated rings. The minimum Gasteiger partial charge on any atom is -0.496 e. The number of ether oxygens (including phenoxy) is 1. The number of methoxy groups -OCH3 is 1. The minimum atomic E-state index is -3.87. The molecule has 37 heavy (non-hydrogen) atoms. The van der Waals surface area contributed by atoms with Gasteiger partial charge in [-0.1, -0.05) is 38.1 Å². The van der Waals surface area contributed by atoms with E-state index in [-0.39, 0.29) is 10.8 Å². The van der Waals surface area contributed by atoms with Crippen molar-refractivity contribution in [3.63, 3.8) is 0 Å². The first-order valence-corrected chi connectivity index (χ1v) is 13.3. The molecule has 0 saturated carbocycles. The number of hydrogen-bond donors (Lipinski definition) is 3. The van der Waals surface area contributed by atoms with Gasteiger partial charge in [0.25, 0.3) is 15.9 Å². The van der Waals surface area contributed by atoms with E-state index in [1.807, 2.05) is 13.0 Å². The zero-order valence-electron chi connectivity index (χ0n) is 21.7. The number of carboxylic acids is 1. The van der Waals surface area contributed by atoms with Crippen LogP contribution in [0.4, 0.5) is 5.69 Å². The summed E-state index contributed by atoms with van der Waals surface area (Å²) in [5, 5.41) is 11.8. The summed E-state index contributed by atoms with van der Waals surface area (Å²) in [6, 6.07) is 14.4. The lowest BCUT2D eigenvalue weighted by molar-refractivity contribution is -0.140. The number of benzene rings is 3. The van der Waals surface area contributed by atoms with Crippen molar-refractivity contribution in [2.75, 3.05) is 11.8 Å². The third-order valence-electron chi connectivity index (χ3n) is 6.28. The Bertz CT molecular complexity index is 1430. The number of anilines is 1. The number of carbonyl (C=O) groups excluding carboxylic acids is 1. The molecule has 0 bridgehead atoms. The lowest BCUT2D eigenvalue weighted by Crippen LogP contribution is -2.44. The van der Waals surface area contributed by atoms with Crippen LogP contribution in [-0.2, 0) is 14.8 Å². The fourth-order valence-electron chi connectivity index (χ4n) is 4.17. The van der Waals surface area contributed by atoms with E-state index in [0.717, 1.165) is 16.7 Å². The van der Waals surface area contributed by atoms with Crippen LogP contribution < -0.4 is 14.8 Å². The lowest BCUT2D eigenvalue weighted by Gasteiger charge is -2.18. The van der Waals surface area contributed by atoms with Gasteiger partial charge >= 0.3 is 5.97 Å². The highest BCUT2D eigenvalue weighted by Gasteiger charge is 2.25. The number of aliphatic carboxylic acids is 1. The number of rotatable bonds is 9. The van der Waals surface area contributed by atoms with Crippen molar-refractivity contribution in [1.29, 1.82) is 0 Å². The van der Waals surface area contributed by atoms with Gasteiger partial charge < -0.3 is 15.2 Å². The van der Waals surface area contributed by atoms with Gasteiger partial charge in [0, 0.05) is 11.3 Å². The second kappa shape index (κ2) is 11.0. The third-order valence-corrected chi connectivity index (χ3v) is 7.95. The van der Waals surface area contributed by atoms with E-state index in [1.54, 1.807) is 83.3 Å². The van der Waals surface area contributed by atoms with Crippen molar-refractivity contribution in [2.45, 2.75) is 45.6 Å². The average Bonchev–Trinajstić information content (AvgIpc) is 2.84. The van der Waals surface area contributed by atoms with E-state index in [0.29, 0.717) is 28.1 Å². The van der Waals surface area contributed by atoms with Gasteiger partial charge in [0.05, 0.1) is 12.0 Å². The molecule has 8 nitrogen and oxygen atoms in total. The van der Waals surface area contributed by atoms with E-state index in [9.17, 15) is 23.1 Å². The van der Waals surface area contributed by atoms with Gasteiger partial charge in [-0.25, -0.2) is 13.2 Å². The predicted molar refractivity (Wildman–Crippen MR) is 144 cm³/mol. The molecule has 3 rings (SSSR count). The Balaban J connectivity index is 1.84. The van der Waals surface area contributed by atoms with Crippen LogP contribution in [0.3, 0.4) is 0 Å². The maximum atomic E-state index is 13.3. The molecule has 0 aromatic heterocycles. The van der Waals surface area contributed by atoms with E-state index < -0.39 is 27.9 Å². The Morgan fingerprint density at radius 2 is 1.57 bits per heavy atom. The molecule has 0 radical (unpaired) electrons. The van der Waals surface area contributed by atoms with Gasteiger partial charge in [0.15, 0.2) is 0 Å². The van der Waals surface area contributed by atoms with Crippen LogP contribution in [0.2, 0.25) is 0 Å². The molecule has 9 heteroatoms. The molecule has 0 aliphatic carbocycles. The second-order valence-electron chi connectivity index (χ2n) is 9.27. The molecule has 1 unspecified atom stereocenters. The first-order valence-electron chi connectivity index (χ1n) is 11.8. The Hall–Kier alpha value is -3.85. The molecule has 0 heterocycles. The molecule has 0 aliphatic rings. The normalized spacial score (nSPS) is 12.2. The summed E-state index contributed by atoms with van der Waals surface area (Å²) >= 11 is 0. The number of carbonyl (C=O) groups is 2. The number of aryl methyl sites for hydroxylation is 1. The van der Waals surface area contributed by atoms with Gasteiger partial charge in [-0.2, -0.15) is 0 Å². The Labute approximate surface area is 217 Å². The molecule has 3 aromatic rings. The monoisotopic (exact) mass is 524 g/mol. The van der Waals surface area contributed by atoms with Crippen LogP contribution in [0, 0.1) is 26.7 Å². The Morgan fingerprint density at radius 3 is 2.14 bits per heavy atom. The van der Waals surface area contributed by atoms with E-state index in [2.05, 4.69) is 10.0 Å². The maximum absolute atomic E-state index is 13.3. The largest absolute Gasteiger partial charge is 0.496 e. The van der Waals surface area contributed by atoms with Crippen LogP contribution in [0.15, 0.2) is 59.5 Å². The number of nitrogens with one attached hydrogen (secondary N) is 2. The molecular formula is C28H32N2O6S.